The summed E-state index contributed by atoms with van der Waals surface area (Å²) in [5.41, 5.74) is 3.15. The molecule has 0 fully saturated rings. The van der Waals surface area contributed by atoms with Gasteiger partial charge in [0.25, 0.3) is 5.91 Å². The van der Waals surface area contributed by atoms with Gasteiger partial charge >= 0.3 is 0 Å². The number of hydrogen-bond donors (Lipinski definition) is 0. The lowest BCUT2D eigenvalue weighted by atomic mass is 10.1. The second-order valence-electron chi connectivity index (χ2n) is 5.50. The van der Waals surface area contributed by atoms with Crippen LogP contribution in [0.2, 0.25) is 5.02 Å². The molecule has 0 aromatic heterocycles. The van der Waals surface area contributed by atoms with Gasteiger partial charge in [0.2, 0.25) is 0 Å². The normalized spacial score (nSPS) is 15.7. The molecule has 0 N–H and O–H groups in total. The van der Waals surface area contributed by atoms with Crippen LogP contribution in [0.3, 0.4) is 0 Å². The fraction of sp³-hybridized carbons (Fsp3) is 0.158. The number of amidine groups is 1. The minimum Gasteiger partial charge on any atom is -0.495 e. The highest BCUT2D eigenvalue weighted by atomic mass is 35.5. The molecule has 0 saturated heterocycles. The van der Waals surface area contributed by atoms with Gasteiger partial charge < -0.3 is 4.74 Å². The van der Waals surface area contributed by atoms with Crippen LogP contribution < -0.4 is 9.64 Å². The molecule has 0 saturated carbocycles. The summed E-state index contributed by atoms with van der Waals surface area (Å²) in [5, 5.41) is 1.06. The Bertz CT molecular complexity index is 893. The van der Waals surface area contributed by atoms with Crippen molar-refractivity contribution in [3.63, 3.8) is 0 Å². The first-order valence-corrected chi connectivity index (χ1v) is 9.23. The van der Waals surface area contributed by atoms with Crippen LogP contribution in [0.25, 0.3) is 6.08 Å². The van der Waals surface area contributed by atoms with Crippen LogP contribution in [-0.2, 0) is 4.79 Å². The van der Waals surface area contributed by atoms with E-state index in [9.17, 15) is 4.79 Å². The number of carbonyl (C=O) groups excluding carboxylic acids is 1. The molecule has 2 aromatic rings. The minimum absolute atomic E-state index is 0.174. The summed E-state index contributed by atoms with van der Waals surface area (Å²) in [5.74, 6) is 0.391. The van der Waals surface area contributed by atoms with Gasteiger partial charge in [-0.15, -0.1) is 0 Å². The minimum atomic E-state index is -0.174. The molecule has 0 atom stereocenters. The van der Waals surface area contributed by atoms with Crippen molar-refractivity contribution in [1.29, 1.82) is 0 Å². The third kappa shape index (κ3) is 3.57. The Labute approximate surface area is 156 Å². The van der Waals surface area contributed by atoms with E-state index >= 15 is 0 Å². The van der Waals surface area contributed by atoms with Crippen molar-refractivity contribution >= 4 is 46.2 Å². The molecule has 0 radical (unpaired) electrons. The zero-order chi connectivity index (χ0) is 18.0. The Morgan fingerprint density at radius 2 is 2.04 bits per heavy atom. The molecule has 1 aliphatic rings. The molecule has 1 heterocycles. The third-order valence-electron chi connectivity index (χ3n) is 3.75. The van der Waals surface area contributed by atoms with Gasteiger partial charge in [-0.2, -0.15) is 0 Å². The molecule has 128 valence electrons. The molecule has 6 heteroatoms. The van der Waals surface area contributed by atoms with E-state index in [0.29, 0.717) is 27.3 Å². The molecule has 25 heavy (non-hydrogen) atoms. The second-order valence-corrected chi connectivity index (χ2v) is 6.68. The standard InChI is InChI=1S/C19H17ClN2O2S/c1-12-5-4-6-13(9-12)10-16-18(23)22(19(21-16)25-3)14-7-8-17(24-2)15(20)11-14/h4-11H,1-3H3. The summed E-state index contributed by atoms with van der Waals surface area (Å²) in [4.78, 5) is 18.9. The van der Waals surface area contributed by atoms with Crippen LogP contribution >= 0.6 is 23.4 Å². The van der Waals surface area contributed by atoms with E-state index in [0.717, 1.165) is 11.1 Å². The van der Waals surface area contributed by atoms with Gasteiger partial charge in [-0.1, -0.05) is 53.2 Å². The number of aliphatic imine (C=N–C) groups is 1. The van der Waals surface area contributed by atoms with Crippen molar-refractivity contribution in [3.8, 4) is 5.75 Å². The predicted molar refractivity (Wildman–Crippen MR) is 106 cm³/mol. The van der Waals surface area contributed by atoms with E-state index in [1.54, 1.807) is 36.3 Å². The lowest BCUT2D eigenvalue weighted by Gasteiger charge is -2.17. The molecular weight excluding hydrogens is 356 g/mol. The number of halogens is 1. The molecule has 0 aliphatic carbocycles. The smallest absolute Gasteiger partial charge is 0.283 e. The monoisotopic (exact) mass is 372 g/mol. The fourth-order valence-electron chi connectivity index (χ4n) is 2.57. The first-order chi connectivity index (χ1) is 12.0. The maximum absolute atomic E-state index is 12.9. The maximum atomic E-state index is 12.9. The van der Waals surface area contributed by atoms with Crippen molar-refractivity contribution in [1.82, 2.24) is 0 Å². The fourth-order valence-corrected chi connectivity index (χ4v) is 3.39. The summed E-state index contributed by atoms with van der Waals surface area (Å²) < 4.78 is 5.17. The Balaban J connectivity index is 1.98. The Kier molecular flexibility index (Phi) is 5.16. The lowest BCUT2D eigenvalue weighted by molar-refractivity contribution is -0.113. The molecule has 1 aliphatic heterocycles. The summed E-state index contributed by atoms with van der Waals surface area (Å²) in [6.07, 6.45) is 3.69. The SMILES string of the molecule is COc1ccc(N2C(=O)C(=Cc3cccc(C)c3)N=C2SC)cc1Cl. The molecule has 0 unspecified atom stereocenters. The number of anilines is 1. The number of carbonyl (C=O) groups is 1. The van der Waals surface area contributed by atoms with Crippen molar-refractivity contribution in [2.24, 2.45) is 4.99 Å². The van der Waals surface area contributed by atoms with Crippen molar-refractivity contribution in [2.75, 3.05) is 18.3 Å². The number of nitrogens with zero attached hydrogens (tertiary/aromatic N) is 2. The van der Waals surface area contributed by atoms with Crippen molar-refractivity contribution in [3.05, 3.63) is 64.3 Å². The van der Waals surface area contributed by atoms with Gasteiger partial charge in [0.1, 0.15) is 11.4 Å². The Hall–Kier alpha value is -2.24. The van der Waals surface area contributed by atoms with Gasteiger partial charge in [-0.05, 0) is 43.0 Å². The average molecular weight is 373 g/mol. The Morgan fingerprint density at radius 3 is 2.68 bits per heavy atom. The highest BCUT2D eigenvalue weighted by Gasteiger charge is 2.31. The average Bonchev–Trinajstić information content (AvgIpc) is 2.90. The van der Waals surface area contributed by atoms with Crippen molar-refractivity contribution in [2.45, 2.75) is 6.92 Å². The van der Waals surface area contributed by atoms with E-state index in [1.807, 2.05) is 37.4 Å². The van der Waals surface area contributed by atoms with E-state index < -0.39 is 0 Å². The number of amides is 1. The lowest BCUT2D eigenvalue weighted by Crippen LogP contribution is -2.30. The molecular formula is C19H17ClN2O2S. The number of ether oxygens (including phenoxy) is 1. The summed E-state index contributed by atoms with van der Waals surface area (Å²) in [7, 11) is 1.55. The number of aryl methyl sites for hydroxylation is 1. The van der Waals surface area contributed by atoms with Gasteiger partial charge in [-0.25, -0.2) is 4.99 Å². The van der Waals surface area contributed by atoms with Crippen LogP contribution in [0.4, 0.5) is 5.69 Å². The number of hydrogen-bond acceptors (Lipinski definition) is 4. The largest absolute Gasteiger partial charge is 0.495 e. The first-order valence-electron chi connectivity index (χ1n) is 7.62. The Morgan fingerprint density at radius 1 is 1.24 bits per heavy atom. The van der Waals surface area contributed by atoms with Crippen LogP contribution in [0.5, 0.6) is 5.75 Å². The molecule has 1 amide bonds. The van der Waals surface area contributed by atoms with E-state index in [-0.39, 0.29) is 5.91 Å². The maximum Gasteiger partial charge on any atom is 0.283 e. The van der Waals surface area contributed by atoms with Gasteiger partial charge in [-0.3, -0.25) is 9.69 Å². The summed E-state index contributed by atoms with van der Waals surface area (Å²) in [6, 6.07) is 13.2. The van der Waals surface area contributed by atoms with Crippen LogP contribution in [0.1, 0.15) is 11.1 Å². The quantitative estimate of drug-likeness (QED) is 0.729. The molecule has 0 bridgehead atoms. The van der Waals surface area contributed by atoms with Gasteiger partial charge in [0.15, 0.2) is 5.17 Å². The number of benzene rings is 2. The second kappa shape index (κ2) is 7.33. The van der Waals surface area contributed by atoms with E-state index in [4.69, 9.17) is 16.3 Å². The zero-order valence-corrected chi connectivity index (χ0v) is 15.7. The van der Waals surface area contributed by atoms with Crippen LogP contribution in [0.15, 0.2) is 53.2 Å². The first kappa shape index (κ1) is 17.6. The number of methoxy groups -OCH3 is 1. The molecule has 0 spiro atoms. The van der Waals surface area contributed by atoms with Crippen LogP contribution in [-0.4, -0.2) is 24.4 Å². The third-order valence-corrected chi connectivity index (χ3v) is 4.69. The van der Waals surface area contributed by atoms with E-state index in [1.165, 1.54) is 11.8 Å². The zero-order valence-electron chi connectivity index (χ0n) is 14.1. The highest BCUT2D eigenvalue weighted by molar-refractivity contribution is 8.13. The summed E-state index contributed by atoms with van der Waals surface area (Å²) >= 11 is 7.62. The summed E-state index contributed by atoms with van der Waals surface area (Å²) in [6.45, 7) is 2.01. The van der Waals surface area contributed by atoms with Crippen molar-refractivity contribution < 1.29 is 9.53 Å². The number of rotatable bonds is 3. The number of thioether (sulfide) groups is 1. The van der Waals surface area contributed by atoms with Crippen LogP contribution in [0, 0.1) is 6.92 Å². The molecule has 3 rings (SSSR count). The van der Waals surface area contributed by atoms with Gasteiger partial charge in [0.05, 0.1) is 17.8 Å². The predicted octanol–water partition coefficient (Wildman–Crippen LogP) is 4.76. The topological polar surface area (TPSA) is 41.9 Å². The van der Waals surface area contributed by atoms with Gasteiger partial charge in [0, 0.05) is 0 Å². The molecule has 4 nitrogen and oxygen atoms in total. The van der Waals surface area contributed by atoms with E-state index in [2.05, 4.69) is 4.99 Å². The highest BCUT2D eigenvalue weighted by Crippen LogP contribution is 2.33. The molecule has 2 aromatic carbocycles.